The SMILES string of the molecule is O=C(c1ccc(Cl)c(S(=O)(=O)Cl)c1)C1CC1. The van der Waals surface area contributed by atoms with Crippen LogP contribution in [0.5, 0.6) is 0 Å². The summed E-state index contributed by atoms with van der Waals surface area (Å²) in [5, 5.41) is 0.0300. The molecule has 86 valence electrons. The number of halogens is 2. The Morgan fingerprint density at radius 3 is 2.44 bits per heavy atom. The van der Waals surface area contributed by atoms with Gasteiger partial charge in [-0.1, -0.05) is 11.6 Å². The zero-order chi connectivity index (χ0) is 11.9. The van der Waals surface area contributed by atoms with E-state index in [1.807, 2.05) is 0 Å². The molecule has 0 spiro atoms. The molecular weight excluding hydrogens is 271 g/mol. The lowest BCUT2D eigenvalue weighted by molar-refractivity contribution is 0.0967. The van der Waals surface area contributed by atoms with Crippen LogP contribution in [0, 0.1) is 5.92 Å². The van der Waals surface area contributed by atoms with Gasteiger partial charge in [0, 0.05) is 22.2 Å². The van der Waals surface area contributed by atoms with Crippen LogP contribution >= 0.6 is 22.3 Å². The molecule has 0 aromatic heterocycles. The lowest BCUT2D eigenvalue weighted by Gasteiger charge is -2.03. The monoisotopic (exact) mass is 278 g/mol. The highest BCUT2D eigenvalue weighted by Crippen LogP contribution is 2.34. The zero-order valence-electron chi connectivity index (χ0n) is 8.11. The number of carbonyl (C=O) groups is 1. The molecule has 1 aliphatic carbocycles. The van der Waals surface area contributed by atoms with Crippen molar-refractivity contribution in [2.24, 2.45) is 5.92 Å². The van der Waals surface area contributed by atoms with Gasteiger partial charge in [0.15, 0.2) is 5.78 Å². The number of benzene rings is 1. The molecule has 2 rings (SSSR count). The molecule has 1 aromatic rings. The van der Waals surface area contributed by atoms with Gasteiger partial charge in [0.1, 0.15) is 4.90 Å². The third-order valence-corrected chi connectivity index (χ3v) is 4.23. The van der Waals surface area contributed by atoms with Gasteiger partial charge in [-0.15, -0.1) is 0 Å². The molecular formula is C10H8Cl2O3S. The predicted octanol–water partition coefficient (Wildman–Crippen LogP) is 2.86. The maximum Gasteiger partial charge on any atom is 0.262 e. The minimum absolute atomic E-state index is 0.0300. The summed E-state index contributed by atoms with van der Waals surface area (Å²) < 4.78 is 22.4. The summed E-state index contributed by atoms with van der Waals surface area (Å²) in [6.45, 7) is 0. The summed E-state index contributed by atoms with van der Waals surface area (Å²) >= 11 is 5.71. The molecule has 0 unspecified atom stereocenters. The van der Waals surface area contributed by atoms with E-state index in [0.717, 1.165) is 12.8 Å². The van der Waals surface area contributed by atoms with E-state index in [0.29, 0.717) is 5.56 Å². The van der Waals surface area contributed by atoms with Crippen molar-refractivity contribution < 1.29 is 13.2 Å². The van der Waals surface area contributed by atoms with Gasteiger partial charge in [-0.3, -0.25) is 4.79 Å². The molecule has 3 nitrogen and oxygen atoms in total. The second-order valence-electron chi connectivity index (χ2n) is 3.72. The molecule has 1 aromatic carbocycles. The summed E-state index contributed by atoms with van der Waals surface area (Å²) in [5.41, 5.74) is 0.353. The first-order valence-corrected chi connectivity index (χ1v) is 7.37. The summed E-state index contributed by atoms with van der Waals surface area (Å²) in [7, 11) is 1.31. The van der Waals surface area contributed by atoms with Gasteiger partial charge in [-0.05, 0) is 31.0 Å². The van der Waals surface area contributed by atoms with Crippen molar-refractivity contribution in [1.82, 2.24) is 0 Å². The second-order valence-corrected chi connectivity index (χ2v) is 6.66. The smallest absolute Gasteiger partial charge is 0.262 e. The summed E-state index contributed by atoms with van der Waals surface area (Å²) in [6.07, 6.45) is 1.73. The highest BCUT2D eigenvalue weighted by molar-refractivity contribution is 8.13. The minimum atomic E-state index is -3.91. The molecule has 0 saturated heterocycles. The Morgan fingerprint density at radius 1 is 1.31 bits per heavy atom. The van der Waals surface area contributed by atoms with Gasteiger partial charge in [-0.2, -0.15) is 0 Å². The van der Waals surface area contributed by atoms with Crippen LogP contribution in [0.4, 0.5) is 0 Å². The van der Waals surface area contributed by atoms with Crippen LogP contribution in [-0.2, 0) is 9.05 Å². The topological polar surface area (TPSA) is 51.2 Å². The Bertz CT molecular complexity index is 547. The van der Waals surface area contributed by atoms with Crippen molar-refractivity contribution in [3.05, 3.63) is 28.8 Å². The molecule has 0 heterocycles. The summed E-state index contributed by atoms with van der Waals surface area (Å²) in [5.74, 6) is -0.00899. The number of hydrogen-bond donors (Lipinski definition) is 0. The van der Waals surface area contributed by atoms with Crippen LogP contribution in [0.25, 0.3) is 0 Å². The van der Waals surface area contributed by atoms with Gasteiger partial charge < -0.3 is 0 Å². The lowest BCUT2D eigenvalue weighted by atomic mass is 10.1. The molecule has 6 heteroatoms. The minimum Gasteiger partial charge on any atom is -0.294 e. The quantitative estimate of drug-likeness (QED) is 0.631. The molecule has 0 bridgehead atoms. The third-order valence-electron chi connectivity index (χ3n) is 2.43. The first kappa shape index (κ1) is 11.9. The lowest BCUT2D eigenvalue weighted by Crippen LogP contribution is -2.03. The Labute approximate surface area is 103 Å². The molecule has 0 radical (unpaired) electrons. The van der Waals surface area contributed by atoms with Crippen LogP contribution in [0.15, 0.2) is 23.1 Å². The largest absolute Gasteiger partial charge is 0.294 e. The van der Waals surface area contributed by atoms with E-state index < -0.39 is 9.05 Å². The number of rotatable bonds is 3. The Hall–Kier alpha value is -0.580. The van der Waals surface area contributed by atoms with Gasteiger partial charge >= 0.3 is 0 Å². The maximum atomic E-state index is 11.7. The van der Waals surface area contributed by atoms with E-state index in [2.05, 4.69) is 0 Å². The number of carbonyl (C=O) groups excluding carboxylic acids is 1. The highest BCUT2D eigenvalue weighted by atomic mass is 35.7. The van der Waals surface area contributed by atoms with E-state index in [1.165, 1.54) is 18.2 Å². The average molecular weight is 279 g/mol. The summed E-state index contributed by atoms with van der Waals surface area (Å²) in [6, 6.07) is 4.15. The number of ketones is 1. The van der Waals surface area contributed by atoms with Crippen LogP contribution < -0.4 is 0 Å². The Kier molecular flexibility index (Phi) is 2.99. The van der Waals surface area contributed by atoms with Crippen LogP contribution in [0.3, 0.4) is 0 Å². The van der Waals surface area contributed by atoms with Crippen molar-refractivity contribution in [1.29, 1.82) is 0 Å². The molecule has 0 aliphatic heterocycles. The molecule has 0 amide bonds. The fraction of sp³-hybridized carbons (Fsp3) is 0.300. The molecule has 1 saturated carbocycles. The van der Waals surface area contributed by atoms with E-state index in [4.69, 9.17) is 22.3 Å². The molecule has 0 N–H and O–H groups in total. The van der Waals surface area contributed by atoms with Gasteiger partial charge in [0.25, 0.3) is 9.05 Å². The standard InChI is InChI=1S/C10H8Cl2O3S/c11-8-4-3-7(10(13)6-1-2-6)5-9(8)16(12,14)15/h3-6H,1-2H2. The molecule has 1 fully saturated rings. The van der Waals surface area contributed by atoms with Crippen molar-refractivity contribution in [2.45, 2.75) is 17.7 Å². The predicted molar refractivity (Wildman–Crippen MR) is 61.5 cm³/mol. The zero-order valence-corrected chi connectivity index (χ0v) is 10.4. The highest BCUT2D eigenvalue weighted by Gasteiger charge is 2.31. The van der Waals surface area contributed by atoms with E-state index in [-0.39, 0.29) is 21.6 Å². The number of hydrogen-bond acceptors (Lipinski definition) is 3. The van der Waals surface area contributed by atoms with Crippen LogP contribution in [0.1, 0.15) is 23.2 Å². The number of Topliss-reactive ketones (excluding diaryl/α,β-unsaturated/α-hetero) is 1. The fourth-order valence-corrected chi connectivity index (χ4v) is 2.92. The van der Waals surface area contributed by atoms with Crippen molar-refractivity contribution >= 4 is 37.1 Å². The molecule has 0 atom stereocenters. The van der Waals surface area contributed by atoms with Crippen molar-refractivity contribution in [2.75, 3.05) is 0 Å². The van der Waals surface area contributed by atoms with Crippen LogP contribution in [0.2, 0.25) is 5.02 Å². The first-order chi connectivity index (χ1) is 7.39. The van der Waals surface area contributed by atoms with Gasteiger partial charge in [-0.25, -0.2) is 8.42 Å². The first-order valence-electron chi connectivity index (χ1n) is 4.68. The summed E-state index contributed by atoms with van der Waals surface area (Å²) in [4.78, 5) is 11.5. The van der Waals surface area contributed by atoms with E-state index in [9.17, 15) is 13.2 Å². The van der Waals surface area contributed by atoms with Gasteiger partial charge in [0.2, 0.25) is 0 Å². The normalized spacial score (nSPS) is 16.1. The Morgan fingerprint density at radius 2 is 1.94 bits per heavy atom. The van der Waals surface area contributed by atoms with Crippen LogP contribution in [-0.4, -0.2) is 14.2 Å². The van der Waals surface area contributed by atoms with E-state index in [1.54, 1.807) is 0 Å². The molecule has 16 heavy (non-hydrogen) atoms. The van der Waals surface area contributed by atoms with Gasteiger partial charge in [0.05, 0.1) is 5.02 Å². The second kappa shape index (κ2) is 4.02. The van der Waals surface area contributed by atoms with Crippen molar-refractivity contribution in [3.8, 4) is 0 Å². The third kappa shape index (κ3) is 2.39. The average Bonchev–Trinajstić information content (AvgIpc) is 2.98. The molecule has 1 aliphatic rings. The van der Waals surface area contributed by atoms with Crippen molar-refractivity contribution in [3.63, 3.8) is 0 Å². The van der Waals surface area contributed by atoms with E-state index >= 15 is 0 Å². The maximum absolute atomic E-state index is 11.7. The Balaban J connectivity index is 2.47. The fourth-order valence-electron chi connectivity index (χ4n) is 1.42.